The molecule has 1 aromatic rings. The van der Waals surface area contributed by atoms with Gasteiger partial charge in [-0.25, -0.2) is 8.42 Å². The fourth-order valence-electron chi connectivity index (χ4n) is 1.05. The number of sulfone groups is 1. The lowest BCUT2D eigenvalue weighted by molar-refractivity contribution is 0.197. The molecule has 3 nitrogen and oxygen atoms in total. The molecule has 1 aromatic carbocycles. The first-order valence-electron chi connectivity index (χ1n) is 4.09. The fourth-order valence-corrected chi connectivity index (χ4v) is 2.35. The molecule has 0 bridgehead atoms. The van der Waals surface area contributed by atoms with E-state index in [-0.39, 0.29) is 0 Å². The average molecular weight is 405 g/mol. The number of aliphatic hydroxyl groups is 1. The van der Waals surface area contributed by atoms with Crippen LogP contribution >= 0.6 is 38.5 Å². The molecule has 0 unspecified atom stereocenters. The molecule has 0 radical (unpaired) electrons. The van der Waals surface area contributed by atoms with E-state index in [4.69, 9.17) is 0 Å². The molecule has 0 saturated carbocycles. The second kappa shape index (κ2) is 5.11. The van der Waals surface area contributed by atoms with Crippen molar-refractivity contribution in [3.05, 3.63) is 34.3 Å². The summed E-state index contributed by atoms with van der Waals surface area (Å²) >= 11 is 5.01. The Bertz CT molecular complexity index is 429. The minimum absolute atomic E-state index is 0.600. The van der Waals surface area contributed by atoms with Gasteiger partial charge in [-0.15, -0.1) is 0 Å². The van der Waals surface area contributed by atoms with Gasteiger partial charge in [0.1, 0.15) is 9.36 Å². The number of aliphatic hydroxyl groups excluding tert-OH is 1. The summed E-state index contributed by atoms with van der Waals surface area (Å²) < 4.78 is 22.5. The van der Waals surface area contributed by atoms with Crippen molar-refractivity contribution in [2.75, 3.05) is 6.26 Å². The Morgan fingerprint density at radius 2 is 1.80 bits per heavy atom. The highest BCUT2D eigenvalue weighted by atomic mass is 127. The van der Waals surface area contributed by atoms with Crippen LogP contribution in [0.4, 0.5) is 0 Å². The molecule has 0 aliphatic heterocycles. The molecule has 0 saturated heterocycles. The van der Waals surface area contributed by atoms with Crippen LogP contribution in [0, 0.1) is 0 Å². The highest BCUT2D eigenvalue weighted by molar-refractivity contribution is 14.1. The monoisotopic (exact) mass is 404 g/mol. The van der Waals surface area contributed by atoms with Gasteiger partial charge in [0.2, 0.25) is 0 Å². The number of hydrogen-bond donors (Lipinski definition) is 1. The second-order valence-corrected chi connectivity index (χ2v) is 8.45. The summed E-state index contributed by atoms with van der Waals surface area (Å²) in [6.07, 6.45) is 0.125. The van der Waals surface area contributed by atoms with Gasteiger partial charge in [-0.3, -0.25) is 0 Å². The van der Waals surface area contributed by atoms with Crippen LogP contribution in [0.1, 0.15) is 11.7 Å². The van der Waals surface area contributed by atoms with Crippen LogP contribution < -0.4 is 0 Å². The van der Waals surface area contributed by atoms with E-state index in [0.29, 0.717) is 5.56 Å². The molecule has 1 N–H and O–H groups in total. The van der Waals surface area contributed by atoms with Gasteiger partial charge in [-0.2, -0.15) is 0 Å². The third-order valence-corrected chi connectivity index (χ3v) is 6.93. The summed E-state index contributed by atoms with van der Waals surface area (Å²) in [5, 5.41) is 9.81. The Kier molecular flexibility index (Phi) is 4.57. The number of halogens is 2. The maximum absolute atomic E-state index is 11.2. The first kappa shape index (κ1) is 13.4. The van der Waals surface area contributed by atoms with Crippen molar-refractivity contribution in [3.63, 3.8) is 0 Å². The van der Waals surface area contributed by atoms with Gasteiger partial charge in [-0.05, 0) is 17.7 Å². The van der Waals surface area contributed by atoms with Crippen molar-refractivity contribution in [1.29, 1.82) is 0 Å². The van der Waals surface area contributed by atoms with E-state index in [1.807, 2.05) is 0 Å². The molecule has 6 heteroatoms. The number of alkyl halides is 1. The van der Waals surface area contributed by atoms with Crippen molar-refractivity contribution in [2.24, 2.45) is 0 Å². The lowest BCUT2D eigenvalue weighted by atomic mass is 10.1. The molecule has 84 valence electrons. The van der Waals surface area contributed by atoms with E-state index in [1.165, 1.54) is 0 Å². The fraction of sp³-hybridized carbons (Fsp3) is 0.333. The van der Waals surface area contributed by atoms with E-state index >= 15 is 0 Å². The zero-order valence-electron chi connectivity index (χ0n) is 7.89. The summed E-state index contributed by atoms with van der Waals surface area (Å²) in [6, 6.07) is 6.94. The highest BCUT2D eigenvalue weighted by Gasteiger charge is 2.26. The minimum Gasteiger partial charge on any atom is -0.386 e. The number of benzene rings is 1. The van der Waals surface area contributed by atoms with Crippen LogP contribution in [0.2, 0.25) is 0 Å². The van der Waals surface area contributed by atoms with Crippen LogP contribution in [0.15, 0.2) is 28.7 Å². The Labute approximate surface area is 111 Å². The molecule has 0 fully saturated rings. The normalized spacial score (nSPS) is 16.0. The molecular weight excluding hydrogens is 395 g/mol. The van der Waals surface area contributed by atoms with Crippen molar-refractivity contribution >= 4 is 48.4 Å². The van der Waals surface area contributed by atoms with Crippen molar-refractivity contribution in [2.45, 2.75) is 9.36 Å². The summed E-state index contributed by atoms with van der Waals surface area (Å²) in [4.78, 5) is 0. The van der Waals surface area contributed by atoms with Crippen LogP contribution in [-0.4, -0.2) is 23.0 Å². The van der Waals surface area contributed by atoms with E-state index in [1.54, 1.807) is 46.9 Å². The summed E-state index contributed by atoms with van der Waals surface area (Å²) in [6.45, 7) is 0. The van der Waals surface area contributed by atoms with E-state index in [0.717, 1.165) is 10.7 Å². The zero-order valence-corrected chi connectivity index (χ0v) is 12.5. The van der Waals surface area contributed by atoms with E-state index in [9.17, 15) is 13.5 Å². The second-order valence-electron chi connectivity index (χ2n) is 3.18. The topological polar surface area (TPSA) is 54.4 Å². The quantitative estimate of drug-likeness (QED) is 0.621. The van der Waals surface area contributed by atoms with Crippen molar-refractivity contribution < 1.29 is 13.5 Å². The molecule has 0 amide bonds. The standard InChI is InChI=1S/C9H10BrIO3S/c1-15(13,14)9(11)8(12)6-2-4-7(10)5-3-6/h2-5,8-9,12H,1H3/t8-,9+/m0/s1. The molecule has 1 rings (SSSR count). The third kappa shape index (κ3) is 3.69. The van der Waals surface area contributed by atoms with Crippen LogP contribution in [-0.2, 0) is 9.84 Å². The minimum atomic E-state index is -3.24. The van der Waals surface area contributed by atoms with E-state index < -0.39 is 19.2 Å². The van der Waals surface area contributed by atoms with Gasteiger partial charge in [0, 0.05) is 10.7 Å². The predicted octanol–water partition coefficient (Wildman–Crippen LogP) is 2.29. The lowest BCUT2D eigenvalue weighted by Gasteiger charge is -2.15. The summed E-state index contributed by atoms with van der Waals surface area (Å²) in [7, 11) is -3.24. The smallest absolute Gasteiger partial charge is 0.162 e. The molecular formula is C9H10BrIO3S. The van der Waals surface area contributed by atoms with Crippen molar-refractivity contribution in [3.8, 4) is 0 Å². The molecule has 0 aliphatic carbocycles. The molecule has 0 spiro atoms. The Balaban J connectivity index is 2.95. The van der Waals surface area contributed by atoms with Gasteiger partial charge < -0.3 is 5.11 Å². The average Bonchev–Trinajstić information content (AvgIpc) is 2.15. The molecule has 0 aromatic heterocycles. The van der Waals surface area contributed by atoms with Gasteiger partial charge >= 0.3 is 0 Å². The SMILES string of the molecule is CS(=O)(=O)[C@@H](I)[C@@H](O)c1ccc(Br)cc1. The van der Waals surface area contributed by atoms with Crippen LogP contribution in [0.3, 0.4) is 0 Å². The summed E-state index contributed by atoms with van der Waals surface area (Å²) in [5.74, 6) is 0. The maximum Gasteiger partial charge on any atom is 0.162 e. The number of rotatable bonds is 3. The largest absolute Gasteiger partial charge is 0.386 e. The van der Waals surface area contributed by atoms with Crippen LogP contribution in [0.5, 0.6) is 0 Å². The van der Waals surface area contributed by atoms with Gasteiger partial charge in [0.05, 0.1) is 0 Å². The molecule has 0 heterocycles. The van der Waals surface area contributed by atoms with Crippen LogP contribution in [0.25, 0.3) is 0 Å². The Morgan fingerprint density at radius 1 is 1.33 bits per heavy atom. The molecule has 15 heavy (non-hydrogen) atoms. The van der Waals surface area contributed by atoms with Gasteiger partial charge in [0.15, 0.2) is 9.84 Å². The lowest BCUT2D eigenvalue weighted by Crippen LogP contribution is -2.21. The molecule has 0 aliphatic rings. The maximum atomic E-state index is 11.2. The zero-order chi connectivity index (χ0) is 11.6. The first-order valence-corrected chi connectivity index (χ1v) is 8.08. The van der Waals surface area contributed by atoms with E-state index in [2.05, 4.69) is 15.9 Å². The van der Waals surface area contributed by atoms with Gasteiger partial charge in [0.25, 0.3) is 0 Å². The third-order valence-electron chi connectivity index (χ3n) is 1.87. The number of hydrogen-bond acceptors (Lipinski definition) is 3. The summed E-state index contributed by atoms with van der Waals surface area (Å²) in [5.41, 5.74) is 0.600. The van der Waals surface area contributed by atoms with Gasteiger partial charge in [-0.1, -0.05) is 50.7 Å². The Morgan fingerprint density at radius 3 is 2.20 bits per heavy atom. The first-order chi connectivity index (χ1) is 6.82. The highest BCUT2D eigenvalue weighted by Crippen LogP contribution is 2.27. The van der Waals surface area contributed by atoms with Crippen molar-refractivity contribution in [1.82, 2.24) is 0 Å². The predicted molar refractivity (Wildman–Crippen MR) is 71.8 cm³/mol. The Hall–Kier alpha value is 0.340. The molecule has 2 atom stereocenters.